The number of nitrogens with one attached hydrogen (secondary N) is 2. The third-order valence-corrected chi connectivity index (χ3v) is 4.65. The molecule has 0 fully saturated rings. The number of thiocarbonyl (C=S) groups is 1. The summed E-state index contributed by atoms with van der Waals surface area (Å²) in [7, 11) is 1.55. The van der Waals surface area contributed by atoms with Gasteiger partial charge in [0.2, 0.25) is 0 Å². The van der Waals surface area contributed by atoms with Crippen LogP contribution in [0.1, 0.15) is 24.1 Å². The Balaban J connectivity index is 2.16. The van der Waals surface area contributed by atoms with Crippen LogP contribution in [-0.2, 0) is 9.53 Å². The van der Waals surface area contributed by atoms with Gasteiger partial charge in [0.05, 0.1) is 36.1 Å². The fourth-order valence-corrected chi connectivity index (χ4v) is 3.42. The molecule has 140 valence electrons. The number of methoxy groups -OCH3 is 1. The van der Waals surface area contributed by atoms with Crippen LogP contribution < -0.4 is 15.4 Å². The summed E-state index contributed by atoms with van der Waals surface area (Å²) < 4.78 is 10.5. The molecule has 2 aromatic rings. The molecule has 2 N–H and O–H groups in total. The van der Waals surface area contributed by atoms with E-state index in [2.05, 4.69) is 10.6 Å². The van der Waals surface area contributed by atoms with Crippen LogP contribution in [0.3, 0.4) is 0 Å². The lowest BCUT2D eigenvalue weighted by atomic mass is 9.92. The highest BCUT2D eigenvalue weighted by atomic mass is 35.5. The Morgan fingerprint density at radius 1 is 1.22 bits per heavy atom. The van der Waals surface area contributed by atoms with Gasteiger partial charge in [0.25, 0.3) is 0 Å². The monoisotopic (exact) mass is 402 g/mol. The summed E-state index contributed by atoms with van der Waals surface area (Å²) in [6.45, 7) is 2.04. The Morgan fingerprint density at radius 2 is 1.96 bits per heavy atom. The van der Waals surface area contributed by atoms with Crippen LogP contribution in [-0.4, -0.2) is 24.8 Å². The molecule has 2 aromatic carbocycles. The van der Waals surface area contributed by atoms with Gasteiger partial charge in [0.15, 0.2) is 5.11 Å². The molecule has 0 aromatic heterocycles. The maximum atomic E-state index is 12.8. The molecule has 0 amide bonds. The van der Waals surface area contributed by atoms with Gasteiger partial charge in [-0.3, -0.25) is 0 Å². The molecule has 1 aliphatic rings. The summed E-state index contributed by atoms with van der Waals surface area (Å²) in [5, 5.41) is 7.11. The first kappa shape index (κ1) is 19.2. The van der Waals surface area contributed by atoms with Crippen molar-refractivity contribution in [3.8, 4) is 5.75 Å². The van der Waals surface area contributed by atoms with Gasteiger partial charge >= 0.3 is 5.97 Å². The van der Waals surface area contributed by atoms with Crippen LogP contribution in [0.15, 0.2) is 54.1 Å². The lowest BCUT2D eigenvalue weighted by Gasteiger charge is -2.31. The van der Waals surface area contributed by atoms with Crippen molar-refractivity contribution >= 4 is 40.6 Å². The van der Waals surface area contributed by atoms with E-state index in [1.54, 1.807) is 26.2 Å². The lowest BCUT2D eigenvalue weighted by Crippen LogP contribution is -2.45. The van der Waals surface area contributed by atoms with Gasteiger partial charge in [-0.2, -0.15) is 0 Å². The highest BCUT2D eigenvalue weighted by molar-refractivity contribution is 7.80. The van der Waals surface area contributed by atoms with E-state index >= 15 is 0 Å². The Bertz CT molecular complexity index is 899. The number of halogens is 1. The Hall–Kier alpha value is -2.57. The van der Waals surface area contributed by atoms with Gasteiger partial charge in [-0.25, -0.2) is 4.79 Å². The highest BCUT2D eigenvalue weighted by Gasteiger charge is 2.33. The summed E-state index contributed by atoms with van der Waals surface area (Å²) in [5.41, 5.74) is 2.68. The van der Waals surface area contributed by atoms with Crippen molar-refractivity contribution in [2.24, 2.45) is 0 Å². The van der Waals surface area contributed by atoms with Crippen molar-refractivity contribution in [1.82, 2.24) is 10.6 Å². The predicted octanol–water partition coefficient (Wildman–Crippen LogP) is 3.84. The van der Waals surface area contributed by atoms with E-state index in [0.29, 0.717) is 27.2 Å². The average molecular weight is 403 g/mol. The Labute approximate surface area is 168 Å². The Morgan fingerprint density at radius 3 is 2.59 bits per heavy atom. The predicted molar refractivity (Wildman–Crippen MR) is 110 cm³/mol. The van der Waals surface area contributed by atoms with E-state index in [9.17, 15) is 4.79 Å². The molecule has 0 saturated heterocycles. The second-order valence-electron chi connectivity index (χ2n) is 5.80. The third-order valence-electron chi connectivity index (χ3n) is 4.14. The van der Waals surface area contributed by atoms with Crippen molar-refractivity contribution < 1.29 is 14.3 Å². The van der Waals surface area contributed by atoms with Crippen molar-refractivity contribution in [2.75, 3.05) is 13.7 Å². The van der Waals surface area contributed by atoms with Gasteiger partial charge < -0.3 is 20.1 Å². The van der Waals surface area contributed by atoms with E-state index in [1.807, 2.05) is 36.4 Å². The first-order valence-electron chi connectivity index (χ1n) is 8.42. The van der Waals surface area contributed by atoms with Crippen molar-refractivity contribution in [3.63, 3.8) is 0 Å². The van der Waals surface area contributed by atoms with E-state index in [0.717, 1.165) is 11.1 Å². The van der Waals surface area contributed by atoms with E-state index in [1.165, 1.54) is 0 Å². The minimum Gasteiger partial charge on any atom is -0.495 e. The zero-order valence-corrected chi connectivity index (χ0v) is 16.5. The number of hydrogen-bond acceptors (Lipinski definition) is 4. The zero-order chi connectivity index (χ0) is 19.4. The molecular weight excluding hydrogens is 384 g/mol. The van der Waals surface area contributed by atoms with Crippen molar-refractivity contribution in [1.29, 1.82) is 0 Å². The van der Waals surface area contributed by atoms with Crippen LogP contribution in [0.4, 0.5) is 0 Å². The van der Waals surface area contributed by atoms with Gasteiger partial charge in [-0.05, 0) is 42.4 Å². The minimum absolute atomic E-state index is 0.269. The molecule has 1 heterocycles. The molecule has 5 nitrogen and oxygen atoms in total. The fraction of sp³-hybridized carbons (Fsp3) is 0.200. The largest absolute Gasteiger partial charge is 0.495 e. The Kier molecular flexibility index (Phi) is 5.98. The first-order chi connectivity index (χ1) is 13.0. The SMILES string of the molecule is CCOC(=O)C1=C(c2ccccc2)NC(=S)N[C@@H]1c1ccc(OC)c(Cl)c1. The molecule has 0 spiro atoms. The number of carbonyl (C=O) groups excluding carboxylic acids is 1. The minimum atomic E-state index is -0.503. The molecule has 1 aliphatic heterocycles. The third kappa shape index (κ3) is 4.07. The normalized spacial score (nSPS) is 16.4. The summed E-state index contributed by atoms with van der Waals surface area (Å²) in [6.07, 6.45) is 0. The molecule has 1 atom stereocenters. The first-order valence-corrected chi connectivity index (χ1v) is 9.21. The molecular formula is C20H19ClN2O3S. The second kappa shape index (κ2) is 8.41. The van der Waals surface area contributed by atoms with Crippen LogP contribution in [0.5, 0.6) is 5.75 Å². The summed E-state index contributed by atoms with van der Waals surface area (Å²) >= 11 is 11.7. The van der Waals surface area contributed by atoms with Crippen molar-refractivity contribution in [3.05, 3.63) is 70.3 Å². The van der Waals surface area contributed by atoms with E-state index in [4.69, 9.17) is 33.3 Å². The highest BCUT2D eigenvalue weighted by Crippen LogP contribution is 2.35. The fourth-order valence-electron chi connectivity index (χ4n) is 2.94. The molecule has 7 heteroatoms. The molecule has 0 bridgehead atoms. The molecule has 3 rings (SSSR count). The van der Waals surface area contributed by atoms with E-state index < -0.39 is 12.0 Å². The molecule has 0 radical (unpaired) electrons. The van der Waals surface area contributed by atoms with Crippen LogP contribution in [0.25, 0.3) is 5.70 Å². The molecule has 0 aliphatic carbocycles. The number of hydrogen-bond donors (Lipinski definition) is 2. The quantitative estimate of drug-likeness (QED) is 0.585. The van der Waals surface area contributed by atoms with E-state index in [-0.39, 0.29) is 6.61 Å². The lowest BCUT2D eigenvalue weighted by molar-refractivity contribution is -0.138. The van der Waals surface area contributed by atoms with Crippen LogP contribution in [0.2, 0.25) is 5.02 Å². The topological polar surface area (TPSA) is 59.6 Å². The van der Waals surface area contributed by atoms with Gasteiger partial charge in [0.1, 0.15) is 5.75 Å². The molecule has 0 unspecified atom stereocenters. The van der Waals surface area contributed by atoms with Crippen LogP contribution in [0, 0.1) is 0 Å². The van der Waals surface area contributed by atoms with Gasteiger partial charge in [-0.15, -0.1) is 0 Å². The number of rotatable bonds is 5. The molecule has 27 heavy (non-hydrogen) atoms. The zero-order valence-electron chi connectivity index (χ0n) is 14.9. The standard InChI is InChI=1S/C20H19ClN2O3S/c1-3-26-19(24)16-17(12-7-5-4-6-8-12)22-20(27)23-18(16)13-9-10-15(25-2)14(21)11-13/h4-11,18H,3H2,1-2H3,(H2,22,23,27)/t18-/m1/s1. The number of carbonyl (C=O) groups is 1. The average Bonchev–Trinajstić information content (AvgIpc) is 2.68. The summed E-state index contributed by atoms with van der Waals surface area (Å²) in [4.78, 5) is 12.8. The van der Waals surface area contributed by atoms with Gasteiger partial charge in [0, 0.05) is 0 Å². The van der Waals surface area contributed by atoms with Crippen LogP contribution >= 0.6 is 23.8 Å². The summed E-state index contributed by atoms with van der Waals surface area (Å²) in [6, 6.07) is 14.4. The number of ether oxygens (including phenoxy) is 2. The second-order valence-corrected chi connectivity index (χ2v) is 6.62. The smallest absolute Gasteiger partial charge is 0.338 e. The number of esters is 1. The summed E-state index contributed by atoms with van der Waals surface area (Å²) in [5.74, 6) is 0.137. The number of benzene rings is 2. The van der Waals surface area contributed by atoms with Gasteiger partial charge in [-0.1, -0.05) is 48.0 Å². The van der Waals surface area contributed by atoms with Crippen molar-refractivity contribution in [2.45, 2.75) is 13.0 Å². The molecule has 0 saturated carbocycles. The maximum Gasteiger partial charge on any atom is 0.338 e. The maximum absolute atomic E-state index is 12.8.